The Labute approximate surface area is 455 Å². The number of aliphatic hydroxyl groups excluding tert-OH is 2. The molecule has 2 unspecified atom stereocenters. The van der Waals surface area contributed by atoms with Gasteiger partial charge in [0, 0.05) is 12.8 Å². The van der Waals surface area contributed by atoms with Crippen LogP contribution in [0, 0.1) is 0 Å². The number of nitrogens with one attached hydrogen (secondary N) is 1. The summed E-state index contributed by atoms with van der Waals surface area (Å²) in [6.07, 6.45) is 80.0. The highest BCUT2D eigenvalue weighted by Crippen LogP contribution is 2.18. The fraction of sp³-hybridized carbons (Fsp3) is 0.851. The number of aliphatic hydroxyl groups is 2. The van der Waals surface area contributed by atoms with Gasteiger partial charge in [-0.05, 0) is 77.0 Å². The molecule has 0 aromatic carbocycles. The monoisotopic (exact) mass is 1020 g/mol. The highest BCUT2D eigenvalue weighted by atomic mass is 16.5. The standard InChI is InChI=1S/C67H125NO5/c1-3-5-7-9-11-13-15-17-19-21-25-28-31-35-39-43-47-51-55-59-65(70)64(63-69)68-66(71)60-56-52-48-44-40-36-32-29-26-23-22-24-27-30-34-38-42-46-50-54-58-62-73-67(72)61-57-53-49-45-41-37-33-20-18-16-14-12-10-8-6-4-2/h14,16,20,33,38,42,50,54,64-65,69-70H,3-13,15,17-19,21-32,34-37,39-41,43-49,51-53,55-63H2,1-2H3,(H,68,71)/b16-14-,33-20-,42-38-,54-50-. The van der Waals surface area contributed by atoms with Gasteiger partial charge in [0.05, 0.1) is 25.4 Å². The molecule has 2 atom stereocenters. The number of rotatable bonds is 60. The lowest BCUT2D eigenvalue weighted by molar-refractivity contribution is -0.143. The van der Waals surface area contributed by atoms with E-state index in [2.05, 4.69) is 67.8 Å². The number of unbranched alkanes of at least 4 members (excludes halogenated alkanes) is 41. The van der Waals surface area contributed by atoms with E-state index in [1.54, 1.807) is 0 Å². The zero-order chi connectivity index (χ0) is 52.9. The maximum Gasteiger partial charge on any atom is 0.305 e. The van der Waals surface area contributed by atoms with Crippen LogP contribution in [0.5, 0.6) is 0 Å². The number of hydrogen-bond acceptors (Lipinski definition) is 5. The van der Waals surface area contributed by atoms with E-state index in [1.807, 2.05) is 0 Å². The van der Waals surface area contributed by atoms with Gasteiger partial charge >= 0.3 is 5.97 Å². The van der Waals surface area contributed by atoms with Crippen LogP contribution in [0.25, 0.3) is 0 Å². The van der Waals surface area contributed by atoms with Crippen LogP contribution in [-0.4, -0.2) is 47.4 Å². The fourth-order valence-corrected chi connectivity index (χ4v) is 9.92. The Morgan fingerprint density at radius 2 is 0.685 bits per heavy atom. The Bertz CT molecular complexity index is 1230. The van der Waals surface area contributed by atoms with Gasteiger partial charge in [0.25, 0.3) is 0 Å². The average Bonchev–Trinajstić information content (AvgIpc) is 3.39. The lowest BCUT2D eigenvalue weighted by Gasteiger charge is -2.22. The smallest absolute Gasteiger partial charge is 0.305 e. The first-order chi connectivity index (χ1) is 36.0. The molecule has 6 nitrogen and oxygen atoms in total. The molecule has 1 amide bonds. The van der Waals surface area contributed by atoms with Crippen LogP contribution in [-0.2, 0) is 14.3 Å². The number of hydrogen-bond donors (Lipinski definition) is 3. The highest BCUT2D eigenvalue weighted by Gasteiger charge is 2.20. The van der Waals surface area contributed by atoms with Crippen LogP contribution in [0.15, 0.2) is 48.6 Å². The molecule has 3 N–H and O–H groups in total. The molecule has 428 valence electrons. The SMILES string of the molecule is CCCCCC/C=C\C/C=C\CCCCCCCC(=O)OCC/C=C\C/C=C\CCCCCCCCCCCCCCCCC(=O)NC(CO)C(O)CCCCCCCCCCCCCCCCCCCCC. The summed E-state index contributed by atoms with van der Waals surface area (Å²) in [5.41, 5.74) is 0. The maximum atomic E-state index is 12.5. The van der Waals surface area contributed by atoms with Gasteiger partial charge in [0.15, 0.2) is 0 Å². The third-order valence-corrected chi connectivity index (χ3v) is 14.9. The Kier molecular flexibility index (Phi) is 60.5. The van der Waals surface area contributed by atoms with Crippen molar-refractivity contribution < 1.29 is 24.5 Å². The summed E-state index contributed by atoms with van der Waals surface area (Å²) in [6, 6.07) is -0.547. The minimum atomic E-state index is -0.670. The molecular weight excluding hydrogens is 899 g/mol. The fourth-order valence-electron chi connectivity index (χ4n) is 9.92. The Morgan fingerprint density at radius 3 is 1.05 bits per heavy atom. The Balaban J connectivity index is 3.46. The molecular formula is C67H125NO5. The summed E-state index contributed by atoms with van der Waals surface area (Å²) in [7, 11) is 0. The van der Waals surface area contributed by atoms with Crippen molar-refractivity contribution in [1.29, 1.82) is 0 Å². The summed E-state index contributed by atoms with van der Waals surface area (Å²) < 4.78 is 5.42. The highest BCUT2D eigenvalue weighted by molar-refractivity contribution is 5.76. The van der Waals surface area contributed by atoms with Crippen LogP contribution in [0.3, 0.4) is 0 Å². The third kappa shape index (κ3) is 58.9. The number of amides is 1. The van der Waals surface area contributed by atoms with Crippen molar-refractivity contribution >= 4 is 11.9 Å². The van der Waals surface area contributed by atoms with Crippen molar-refractivity contribution in [3.05, 3.63) is 48.6 Å². The zero-order valence-corrected chi connectivity index (χ0v) is 48.9. The van der Waals surface area contributed by atoms with Gasteiger partial charge in [-0.3, -0.25) is 9.59 Å². The lowest BCUT2D eigenvalue weighted by atomic mass is 10.0. The second-order valence-corrected chi connectivity index (χ2v) is 22.1. The van der Waals surface area contributed by atoms with Crippen LogP contribution in [0.4, 0.5) is 0 Å². The molecule has 0 rings (SSSR count). The first kappa shape index (κ1) is 70.8. The molecule has 0 bridgehead atoms. The van der Waals surface area contributed by atoms with Gasteiger partial charge in [-0.25, -0.2) is 0 Å². The van der Waals surface area contributed by atoms with E-state index in [9.17, 15) is 19.8 Å². The minimum Gasteiger partial charge on any atom is -0.465 e. The van der Waals surface area contributed by atoms with E-state index in [0.29, 0.717) is 25.9 Å². The van der Waals surface area contributed by atoms with E-state index in [0.717, 1.165) is 64.2 Å². The van der Waals surface area contributed by atoms with Gasteiger partial charge < -0.3 is 20.3 Å². The largest absolute Gasteiger partial charge is 0.465 e. The number of carbonyl (C=O) groups excluding carboxylic acids is 2. The molecule has 0 radical (unpaired) electrons. The number of esters is 1. The molecule has 0 aliphatic heterocycles. The Hall–Kier alpha value is -2.18. The van der Waals surface area contributed by atoms with E-state index in [-0.39, 0.29) is 18.5 Å². The van der Waals surface area contributed by atoms with Crippen molar-refractivity contribution in [3.8, 4) is 0 Å². The molecule has 0 aromatic rings. The normalized spacial score (nSPS) is 12.9. The molecule has 0 fully saturated rings. The Morgan fingerprint density at radius 1 is 0.384 bits per heavy atom. The molecule has 0 saturated carbocycles. The van der Waals surface area contributed by atoms with Crippen molar-refractivity contribution in [2.24, 2.45) is 0 Å². The summed E-state index contributed by atoms with van der Waals surface area (Å²) in [6.45, 7) is 4.84. The topological polar surface area (TPSA) is 95.9 Å². The summed E-state index contributed by atoms with van der Waals surface area (Å²) in [5.74, 6) is -0.0863. The molecule has 0 heterocycles. The van der Waals surface area contributed by atoms with Gasteiger partial charge in [-0.1, -0.05) is 300 Å². The van der Waals surface area contributed by atoms with Gasteiger partial charge in [-0.2, -0.15) is 0 Å². The molecule has 73 heavy (non-hydrogen) atoms. The molecule has 0 aliphatic carbocycles. The summed E-state index contributed by atoms with van der Waals surface area (Å²) in [5, 5.41) is 23.4. The van der Waals surface area contributed by atoms with Crippen molar-refractivity contribution in [1.82, 2.24) is 5.32 Å². The quantitative estimate of drug-likeness (QED) is 0.0320. The van der Waals surface area contributed by atoms with Crippen molar-refractivity contribution in [3.63, 3.8) is 0 Å². The predicted molar refractivity (Wildman–Crippen MR) is 319 cm³/mol. The molecule has 6 heteroatoms. The minimum absolute atomic E-state index is 0.0378. The number of carbonyl (C=O) groups is 2. The van der Waals surface area contributed by atoms with Crippen LogP contribution in [0.2, 0.25) is 0 Å². The van der Waals surface area contributed by atoms with Crippen molar-refractivity contribution in [2.75, 3.05) is 13.2 Å². The molecule has 0 aromatic heterocycles. The second kappa shape index (κ2) is 62.4. The van der Waals surface area contributed by atoms with Crippen LogP contribution in [0.1, 0.15) is 341 Å². The van der Waals surface area contributed by atoms with Gasteiger partial charge in [0.1, 0.15) is 0 Å². The number of ether oxygens (including phenoxy) is 1. The maximum absolute atomic E-state index is 12.5. The second-order valence-electron chi connectivity index (χ2n) is 22.1. The van der Waals surface area contributed by atoms with Gasteiger partial charge in [-0.15, -0.1) is 0 Å². The first-order valence-electron chi connectivity index (χ1n) is 32.4. The van der Waals surface area contributed by atoms with E-state index < -0.39 is 12.1 Å². The lowest BCUT2D eigenvalue weighted by Crippen LogP contribution is -2.45. The average molecular weight is 1020 g/mol. The predicted octanol–water partition coefficient (Wildman–Crippen LogP) is 20.5. The first-order valence-corrected chi connectivity index (χ1v) is 32.4. The van der Waals surface area contributed by atoms with Gasteiger partial charge in [0.2, 0.25) is 5.91 Å². The molecule has 0 saturated heterocycles. The number of allylic oxidation sites excluding steroid dienone is 7. The van der Waals surface area contributed by atoms with Crippen LogP contribution < -0.4 is 5.32 Å². The third-order valence-electron chi connectivity index (χ3n) is 14.9. The van der Waals surface area contributed by atoms with E-state index in [1.165, 1.54) is 244 Å². The van der Waals surface area contributed by atoms with Crippen molar-refractivity contribution in [2.45, 2.75) is 353 Å². The van der Waals surface area contributed by atoms with E-state index >= 15 is 0 Å². The molecule has 0 spiro atoms. The molecule has 0 aliphatic rings. The zero-order valence-electron chi connectivity index (χ0n) is 48.9. The van der Waals surface area contributed by atoms with E-state index in [4.69, 9.17) is 4.74 Å². The van der Waals surface area contributed by atoms with Crippen LogP contribution >= 0.6 is 0 Å². The summed E-state index contributed by atoms with van der Waals surface area (Å²) in [4.78, 5) is 24.6. The summed E-state index contributed by atoms with van der Waals surface area (Å²) >= 11 is 0.